The molecular formula is C18H26ClNO4. The third-order valence-electron chi connectivity index (χ3n) is 6.13. The van der Waals surface area contributed by atoms with Gasteiger partial charge in [-0.05, 0) is 23.3 Å². The molecule has 4 rings (SSSR count). The molecular weight excluding hydrogens is 330 g/mol. The minimum Gasteiger partial charge on any atom is -1.00 e. The van der Waals surface area contributed by atoms with Crippen LogP contribution in [0, 0.1) is 0 Å². The van der Waals surface area contributed by atoms with Crippen molar-refractivity contribution in [2.75, 3.05) is 27.3 Å². The molecule has 134 valence electrons. The first kappa shape index (κ1) is 19.0. The Labute approximate surface area is 149 Å². The number of methoxy groups -OCH3 is 2. The van der Waals surface area contributed by atoms with Gasteiger partial charge in [0.1, 0.15) is 11.3 Å². The maximum Gasteiger partial charge on any atom is 0.161 e. The van der Waals surface area contributed by atoms with E-state index in [-0.39, 0.29) is 23.4 Å². The van der Waals surface area contributed by atoms with Crippen molar-refractivity contribution in [3.63, 3.8) is 0 Å². The van der Waals surface area contributed by atoms with Gasteiger partial charge in [-0.1, -0.05) is 0 Å². The number of Topliss-reactive ketones (excluding diaryl/α,β-unsaturated/α-hetero) is 1. The van der Waals surface area contributed by atoms with E-state index in [1.54, 1.807) is 19.1 Å². The van der Waals surface area contributed by atoms with Gasteiger partial charge in [0.05, 0.1) is 33.7 Å². The number of hydrogen-bond donors (Lipinski definition) is 1. The molecule has 1 saturated carbocycles. The number of quaternary nitrogens is 1. The summed E-state index contributed by atoms with van der Waals surface area (Å²) in [4.78, 5) is 13.9. The van der Waals surface area contributed by atoms with Gasteiger partial charge in [-0.15, -0.1) is 0 Å². The lowest BCUT2D eigenvalue weighted by Gasteiger charge is -2.34. The van der Waals surface area contributed by atoms with E-state index in [0.717, 1.165) is 30.9 Å². The molecule has 1 spiro atoms. The summed E-state index contributed by atoms with van der Waals surface area (Å²) in [5.74, 6) is 2.38. The second-order valence-electron chi connectivity index (χ2n) is 6.99. The molecule has 2 heterocycles. The summed E-state index contributed by atoms with van der Waals surface area (Å²) in [6.45, 7) is 2.35. The second-order valence-corrected chi connectivity index (χ2v) is 6.99. The van der Waals surface area contributed by atoms with Crippen molar-refractivity contribution in [2.24, 2.45) is 0 Å². The average Bonchev–Trinajstić information content (AvgIpc) is 3.05. The summed E-state index contributed by atoms with van der Waals surface area (Å²) < 4.78 is 11.0. The maximum absolute atomic E-state index is 12.3. The van der Waals surface area contributed by atoms with Crippen LogP contribution in [-0.2, 0) is 11.2 Å². The zero-order valence-electron chi connectivity index (χ0n) is 14.3. The number of carbonyl (C=O) groups excluding carboxylic acids is 1. The predicted molar refractivity (Wildman–Crippen MR) is 86.5 cm³/mol. The zero-order chi connectivity index (χ0) is 15.3. The molecule has 1 aromatic rings. The van der Waals surface area contributed by atoms with Gasteiger partial charge in [0.15, 0.2) is 11.5 Å². The largest absolute Gasteiger partial charge is 1.00 e. The van der Waals surface area contributed by atoms with Crippen LogP contribution in [0.25, 0.3) is 0 Å². The molecule has 2 aliphatic heterocycles. The molecule has 0 bridgehead atoms. The molecule has 3 aliphatic rings. The normalized spacial score (nSPS) is 30.2. The van der Waals surface area contributed by atoms with Crippen molar-refractivity contribution in [3.05, 3.63) is 23.3 Å². The van der Waals surface area contributed by atoms with Gasteiger partial charge in [-0.25, -0.2) is 0 Å². The first-order chi connectivity index (χ1) is 10.7. The molecule has 1 aromatic carbocycles. The molecule has 24 heavy (non-hydrogen) atoms. The maximum atomic E-state index is 12.3. The topological polar surface area (TPSA) is 71.5 Å². The van der Waals surface area contributed by atoms with Crippen LogP contribution < -0.4 is 26.8 Å². The Kier molecular flexibility index (Phi) is 5.47. The molecule has 3 atom stereocenters. The fourth-order valence-electron chi connectivity index (χ4n) is 5.19. The highest BCUT2D eigenvalue weighted by Gasteiger charge is 2.58. The Morgan fingerprint density at radius 3 is 2.58 bits per heavy atom. The van der Waals surface area contributed by atoms with Gasteiger partial charge in [0.2, 0.25) is 0 Å². The smallest absolute Gasteiger partial charge is 0.161 e. The highest BCUT2D eigenvalue weighted by atomic mass is 35.5. The van der Waals surface area contributed by atoms with Crippen LogP contribution in [0.4, 0.5) is 0 Å². The lowest BCUT2D eigenvalue weighted by atomic mass is 9.79. The third kappa shape index (κ3) is 2.59. The molecule has 6 heteroatoms. The molecule has 0 aromatic heterocycles. The first-order valence-corrected chi connectivity index (χ1v) is 8.29. The second kappa shape index (κ2) is 6.90. The SMILES string of the molecule is COc1cc2c(cc1OC)[C@@H]1CC(=O)C[C@]13CCC[NH+]3CC2.O.[Cl-]. The average molecular weight is 356 g/mol. The van der Waals surface area contributed by atoms with E-state index in [2.05, 4.69) is 12.1 Å². The summed E-state index contributed by atoms with van der Waals surface area (Å²) in [7, 11) is 3.37. The Bertz CT molecular complexity index is 636. The van der Waals surface area contributed by atoms with Crippen molar-refractivity contribution in [1.29, 1.82) is 0 Å². The Hall–Kier alpha value is -1.30. The highest BCUT2D eigenvalue weighted by molar-refractivity contribution is 5.84. The monoisotopic (exact) mass is 355 g/mol. The van der Waals surface area contributed by atoms with E-state index in [0.29, 0.717) is 18.1 Å². The summed E-state index contributed by atoms with van der Waals surface area (Å²) in [6, 6.07) is 4.27. The van der Waals surface area contributed by atoms with Gasteiger partial charge >= 0.3 is 0 Å². The number of hydrogen-bond acceptors (Lipinski definition) is 3. The van der Waals surface area contributed by atoms with Crippen molar-refractivity contribution >= 4 is 5.78 Å². The van der Waals surface area contributed by atoms with E-state index in [9.17, 15) is 4.79 Å². The van der Waals surface area contributed by atoms with Gasteiger partial charge in [0, 0.05) is 31.6 Å². The first-order valence-electron chi connectivity index (χ1n) is 8.29. The highest BCUT2D eigenvalue weighted by Crippen LogP contribution is 2.47. The van der Waals surface area contributed by atoms with Gasteiger partial charge in [-0.3, -0.25) is 4.79 Å². The lowest BCUT2D eigenvalue weighted by molar-refractivity contribution is -0.939. The van der Waals surface area contributed by atoms with Crippen molar-refractivity contribution in [3.8, 4) is 11.5 Å². The number of ketones is 1. The van der Waals surface area contributed by atoms with Crippen molar-refractivity contribution < 1.29 is 37.1 Å². The number of carbonyl (C=O) groups is 1. The van der Waals surface area contributed by atoms with Gasteiger partial charge in [-0.2, -0.15) is 0 Å². The van der Waals surface area contributed by atoms with Crippen LogP contribution in [0.3, 0.4) is 0 Å². The van der Waals surface area contributed by atoms with E-state index in [1.165, 1.54) is 30.5 Å². The number of halogens is 1. The van der Waals surface area contributed by atoms with E-state index < -0.39 is 0 Å². The van der Waals surface area contributed by atoms with Crippen LogP contribution in [0.5, 0.6) is 11.5 Å². The summed E-state index contributed by atoms with van der Waals surface area (Å²) in [6.07, 6.45) is 4.97. The number of nitrogens with one attached hydrogen (secondary N) is 1. The molecule has 3 N–H and O–H groups in total. The number of rotatable bonds is 2. The number of fused-ring (bicyclic) bond motifs is 2. The zero-order valence-corrected chi connectivity index (χ0v) is 15.0. The molecule has 0 amide bonds. The van der Waals surface area contributed by atoms with Crippen molar-refractivity contribution in [2.45, 2.75) is 43.6 Å². The summed E-state index contributed by atoms with van der Waals surface area (Å²) >= 11 is 0. The van der Waals surface area contributed by atoms with Crippen LogP contribution in [0.15, 0.2) is 12.1 Å². The molecule has 1 saturated heterocycles. The Balaban J connectivity index is 0.00000104. The Morgan fingerprint density at radius 2 is 1.88 bits per heavy atom. The minimum absolute atomic E-state index is 0. The van der Waals surface area contributed by atoms with Gasteiger partial charge < -0.3 is 32.3 Å². The van der Waals surface area contributed by atoms with Gasteiger partial charge in [0.25, 0.3) is 0 Å². The lowest BCUT2D eigenvalue weighted by Crippen LogP contribution is -3.18. The number of ether oxygens (including phenoxy) is 2. The fourth-order valence-corrected chi connectivity index (χ4v) is 5.19. The molecule has 5 nitrogen and oxygen atoms in total. The number of benzene rings is 1. The fraction of sp³-hybridized carbons (Fsp3) is 0.611. The third-order valence-corrected chi connectivity index (χ3v) is 6.13. The van der Waals surface area contributed by atoms with Crippen LogP contribution in [-0.4, -0.2) is 44.1 Å². The molecule has 0 radical (unpaired) electrons. The minimum atomic E-state index is 0. The van der Waals surface area contributed by atoms with Crippen molar-refractivity contribution in [1.82, 2.24) is 0 Å². The van der Waals surface area contributed by atoms with Crippen LogP contribution in [0.2, 0.25) is 0 Å². The van der Waals surface area contributed by atoms with E-state index >= 15 is 0 Å². The summed E-state index contributed by atoms with van der Waals surface area (Å²) in [5.41, 5.74) is 2.83. The molecule has 1 unspecified atom stereocenters. The predicted octanol–water partition coefficient (Wildman–Crippen LogP) is -2.70. The van der Waals surface area contributed by atoms with Crippen LogP contribution in [0.1, 0.15) is 42.7 Å². The summed E-state index contributed by atoms with van der Waals surface area (Å²) in [5, 5.41) is 0. The molecule has 2 fully saturated rings. The standard InChI is InChI=1S/C18H23NO3.ClH.H2O/c1-21-16-8-12-4-7-19-6-3-5-18(19)11-13(20)9-15(18)14(12)10-17(16)22-2;;/h8,10,15H,3-7,9,11H2,1-2H3;1H;1H2/t15-,18+;;/m0../s1. The van der Waals surface area contributed by atoms with E-state index in [4.69, 9.17) is 9.47 Å². The Morgan fingerprint density at radius 1 is 1.17 bits per heavy atom. The van der Waals surface area contributed by atoms with E-state index in [1.807, 2.05) is 0 Å². The quantitative estimate of drug-likeness (QED) is 0.628. The van der Waals surface area contributed by atoms with Crippen LogP contribution >= 0.6 is 0 Å². The molecule has 1 aliphatic carbocycles.